The van der Waals surface area contributed by atoms with Crippen LogP contribution < -0.4 is 10.6 Å². The average Bonchev–Trinajstić information content (AvgIpc) is 3.41. The fourth-order valence-electron chi connectivity index (χ4n) is 2.70. The maximum atomic E-state index is 5.66. The molecule has 7 nitrogen and oxygen atoms in total. The first-order valence-corrected chi connectivity index (χ1v) is 9.81. The second-order valence-electron chi connectivity index (χ2n) is 6.86. The molecule has 1 aliphatic carbocycles. The zero-order chi connectivity index (χ0) is 18.9. The highest BCUT2D eigenvalue weighted by atomic mass is 16.5. The first kappa shape index (κ1) is 19.4. The number of imidazole rings is 1. The van der Waals surface area contributed by atoms with Gasteiger partial charge in [0.05, 0.1) is 6.54 Å². The second-order valence-corrected chi connectivity index (χ2v) is 6.86. The molecule has 1 fully saturated rings. The fraction of sp³-hybridized carbons (Fsp3) is 0.550. The highest BCUT2D eigenvalue weighted by Gasteiger charge is 2.20. The third-order valence-electron chi connectivity index (χ3n) is 4.45. The number of nitrogens with one attached hydrogen (secondary N) is 2. The lowest BCUT2D eigenvalue weighted by Crippen LogP contribution is -2.38. The molecule has 27 heavy (non-hydrogen) atoms. The summed E-state index contributed by atoms with van der Waals surface area (Å²) in [6.45, 7) is 8.04. The lowest BCUT2D eigenvalue weighted by Gasteiger charge is -2.11. The molecule has 0 radical (unpaired) electrons. The van der Waals surface area contributed by atoms with Gasteiger partial charge in [-0.3, -0.25) is 4.57 Å². The smallest absolute Gasteiger partial charge is 0.191 e. The quantitative estimate of drug-likeness (QED) is 0.382. The van der Waals surface area contributed by atoms with Crippen LogP contribution in [-0.2, 0) is 11.3 Å². The Balaban J connectivity index is 1.44. The summed E-state index contributed by atoms with van der Waals surface area (Å²) in [5.41, 5.74) is 1.07. The molecule has 2 aromatic heterocycles. The van der Waals surface area contributed by atoms with Gasteiger partial charge in [0, 0.05) is 44.9 Å². The van der Waals surface area contributed by atoms with Crippen LogP contribution in [-0.4, -0.2) is 46.8 Å². The number of pyridine rings is 1. The van der Waals surface area contributed by atoms with Crippen molar-refractivity contribution in [3.05, 3.63) is 42.1 Å². The van der Waals surface area contributed by atoms with Crippen molar-refractivity contribution in [2.75, 3.05) is 26.3 Å². The summed E-state index contributed by atoms with van der Waals surface area (Å²) in [5.74, 6) is 3.45. The Morgan fingerprint density at radius 3 is 2.85 bits per heavy atom. The van der Waals surface area contributed by atoms with Crippen molar-refractivity contribution in [1.82, 2.24) is 25.2 Å². The first-order chi connectivity index (χ1) is 13.3. The molecule has 2 heterocycles. The number of guanidine groups is 1. The molecule has 0 amide bonds. The fourth-order valence-corrected chi connectivity index (χ4v) is 2.70. The Bertz CT molecular complexity index is 720. The third kappa shape index (κ3) is 6.36. The van der Waals surface area contributed by atoms with E-state index in [0.717, 1.165) is 61.8 Å². The minimum absolute atomic E-state index is 0.587. The largest absolute Gasteiger partial charge is 0.381 e. The summed E-state index contributed by atoms with van der Waals surface area (Å²) in [4.78, 5) is 13.4. The minimum atomic E-state index is 0.587. The van der Waals surface area contributed by atoms with Gasteiger partial charge in [0.1, 0.15) is 11.6 Å². The van der Waals surface area contributed by atoms with Gasteiger partial charge in [0.15, 0.2) is 5.96 Å². The van der Waals surface area contributed by atoms with E-state index in [9.17, 15) is 0 Å². The van der Waals surface area contributed by atoms with Crippen molar-refractivity contribution in [1.29, 1.82) is 0 Å². The van der Waals surface area contributed by atoms with E-state index in [-0.39, 0.29) is 0 Å². The Morgan fingerprint density at radius 2 is 2.19 bits per heavy atom. The van der Waals surface area contributed by atoms with Crippen LogP contribution in [0.25, 0.3) is 5.82 Å². The molecule has 2 aromatic rings. The van der Waals surface area contributed by atoms with E-state index in [1.165, 1.54) is 12.8 Å². The van der Waals surface area contributed by atoms with Crippen molar-refractivity contribution in [2.45, 2.75) is 39.7 Å². The zero-order valence-corrected chi connectivity index (χ0v) is 16.3. The molecule has 0 aliphatic heterocycles. The molecule has 0 bridgehead atoms. The van der Waals surface area contributed by atoms with Gasteiger partial charge in [0.25, 0.3) is 0 Å². The molecule has 0 saturated heterocycles. The van der Waals surface area contributed by atoms with Crippen molar-refractivity contribution < 1.29 is 4.74 Å². The second kappa shape index (κ2) is 10.1. The molecular formula is C20H30N6O. The van der Waals surface area contributed by atoms with E-state index in [4.69, 9.17) is 4.74 Å². The molecule has 0 atom stereocenters. The van der Waals surface area contributed by atoms with Crippen molar-refractivity contribution >= 4 is 5.96 Å². The van der Waals surface area contributed by atoms with Crippen LogP contribution in [0.1, 0.15) is 37.6 Å². The number of aromatic nitrogens is 3. The highest BCUT2D eigenvalue weighted by Crippen LogP contribution is 2.28. The van der Waals surface area contributed by atoms with Gasteiger partial charge in [-0.1, -0.05) is 6.07 Å². The number of nitrogens with zero attached hydrogens (tertiary/aromatic N) is 4. The van der Waals surface area contributed by atoms with Crippen LogP contribution >= 0.6 is 0 Å². The molecule has 0 unspecified atom stereocenters. The maximum Gasteiger partial charge on any atom is 0.191 e. The van der Waals surface area contributed by atoms with E-state index >= 15 is 0 Å². The molecule has 0 spiro atoms. The van der Waals surface area contributed by atoms with E-state index in [2.05, 4.69) is 38.6 Å². The third-order valence-corrected chi connectivity index (χ3v) is 4.45. The van der Waals surface area contributed by atoms with Crippen LogP contribution in [0.4, 0.5) is 0 Å². The van der Waals surface area contributed by atoms with Crippen LogP contribution in [0, 0.1) is 12.8 Å². The molecular weight excluding hydrogens is 340 g/mol. The van der Waals surface area contributed by atoms with Gasteiger partial charge in [-0.2, -0.15) is 0 Å². The predicted molar refractivity (Wildman–Crippen MR) is 107 cm³/mol. The Morgan fingerprint density at radius 1 is 1.30 bits per heavy atom. The number of aryl methyl sites for hydroxylation is 1. The van der Waals surface area contributed by atoms with Gasteiger partial charge in [-0.05, 0) is 50.7 Å². The number of rotatable bonds is 10. The molecule has 146 valence electrons. The highest BCUT2D eigenvalue weighted by molar-refractivity contribution is 5.79. The molecule has 0 aromatic carbocycles. The number of hydrogen-bond acceptors (Lipinski definition) is 4. The summed E-state index contributed by atoms with van der Waals surface area (Å²) in [6, 6.07) is 4.05. The van der Waals surface area contributed by atoms with E-state index in [1.807, 2.05) is 30.0 Å². The maximum absolute atomic E-state index is 5.66. The molecule has 3 rings (SSSR count). The molecule has 1 aliphatic rings. The predicted octanol–water partition coefficient (Wildman–Crippen LogP) is 2.45. The minimum Gasteiger partial charge on any atom is -0.381 e. The van der Waals surface area contributed by atoms with Crippen LogP contribution in [0.5, 0.6) is 0 Å². The van der Waals surface area contributed by atoms with Gasteiger partial charge in [0.2, 0.25) is 0 Å². The summed E-state index contributed by atoms with van der Waals surface area (Å²) in [7, 11) is 0. The van der Waals surface area contributed by atoms with Gasteiger partial charge in [-0.15, -0.1) is 0 Å². The van der Waals surface area contributed by atoms with Crippen LogP contribution in [0.15, 0.2) is 35.7 Å². The SMILES string of the molecule is CCNC(=NCc1ccc(-n2ccnc2C)nc1)NCCCOCC1CC1. The normalized spacial score (nSPS) is 14.4. The summed E-state index contributed by atoms with van der Waals surface area (Å²) < 4.78 is 7.63. The zero-order valence-electron chi connectivity index (χ0n) is 16.3. The lowest BCUT2D eigenvalue weighted by molar-refractivity contribution is 0.123. The lowest BCUT2D eigenvalue weighted by atomic mass is 10.3. The van der Waals surface area contributed by atoms with Crippen LogP contribution in [0.3, 0.4) is 0 Å². The van der Waals surface area contributed by atoms with Crippen molar-refractivity contribution in [3.8, 4) is 5.82 Å². The van der Waals surface area contributed by atoms with Gasteiger partial charge < -0.3 is 15.4 Å². The summed E-state index contributed by atoms with van der Waals surface area (Å²) in [5, 5.41) is 6.64. The number of ether oxygens (including phenoxy) is 1. The van der Waals surface area contributed by atoms with E-state index in [0.29, 0.717) is 6.54 Å². The summed E-state index contributed by atoms with van der Waals surface area (Å²) in [6.07, 6.45) is 9.23. The first-order valence-electron chi connectivity index (χ1n) is 9.81. The Kier molecular flexibility index (Phi) is 7.21. The standard InChI is InChI=1S/C20H30N6O/c1-3-21-20(23-9-4-12-27-15-17-5-6-17)25-14-18-7-8-19(24-13-18)26-11-10-22-16(26)2/h7-8,10-11,13,17H,3-6,9,12,14-15H2,1-2H3,(H2,21,23,25). The Labute approximate surface area is 161 Å². The topological polar surface area (TPSA) is 76.4 Å². The van der Waals surface area contributed by atoms with Gasteiger partial charge >= 0.3 is 0 Å². The monoisotopic (exact) mass is 370 g/mol. The number of aliphatic imine (C=N–C) groups is 1. The van der Waals surface area contributed by atoms with Gasteiger partial charge in [-0.25, -0.2) is 15.0 Å². The van der Waals surface area contributed by atoms with Crippen molar-refractivity contribution in [2.24, 2.45) is 10.9 Å². The van der Waals surface area contributed by atoms with E-state index < -0.39 is 0 Å². The molecule has 1 saturated carbocycles. The summed E-state index contributed by atoms with van der Waals surface area (Å²) >= 11 is 0. The average molecular weight is 371 g/mol. The molecule has 2 N–H and O–H groups in total. The van der Waals surface area contributed by atoms with Crippen molar-refractivity contribution in [3.63, 3.8) is 0 Å². The van der Waals surface area contributed by atoms with Crippen LogP contribution in [0.2, 0.25) is 0 Å². The molecule has 7 heteroatoms. The van der Waals surface area contributed by atoms with E-state index in [1.54, 1.807) is 6.20 Å². The Hall–Kier alpha value is -2.41. The number of hydrogen-bond donors (Lipinski definition) is 2.